The van der Waals surface area contributed by atoms with Crippen LogP contribution in [0.1, 0.15) is 5.56 Å². The third-order valence-corrected chi connectivity index (χ3v) is 1.92. The van der Waals surface area contributed by atoms with Crippen LogP contribution in [0.5, 0.6) is 0 Å². The molecule has 1 aromatic rings. The van der Waals surface area contributed by atoms with Crippen LogP contribution in [0.2, 0.25) is 0 Å². The molecular weight excluding hydrogens is 180 g/mol. The molecule has 1 heterocycles. The highest BCUT2D eigenvalue weighted by atomic mass is 16.4. The second-order valence-electron chi connectivity index (χ2n) is 2.90. The maximum Gasteiger partial charge on any atom is 0.334 e. The number of carbonyl (C=O) groups is 1. The Balaban J connectivity index is 2.42. The van der Waals surface area contributed by atoms with E-state index in [1.54, 1.807) is 6.21 Å². The molecule has 0 fully saturated rings. The van der Waals surface area contributed by atoms with Crippen molar-refractivity contribution in [2.24, 2.45) is 9.98 Å². The van der Waals surface area contributed by atoms with Gasteiger partial charge in [0.15, 0.2) is 6.04 Å². The Bertz CT molecular complexity index is 391. The van der Waals surface area contributed by atoms with E-state index in [9.17, 15) is 4.79 Å². The number of carboxylic acid groups (broad SMARTS) is 1. The quantitative estimate of drug-likeness (QED) is 0.721. The molecule has 14 heavy (non-hydrogen) atoms. The maximum absolute atomic E-state index is 10.7. The number of nitrogens with zero attached hydrogens (tertiary/aromatic N) is 2. The normalized spacial score (nSPS) is 18.7. The monoisotopic (exact) mass is 188 g/mol. The van der Waals surface area contributed by atoms with Gasteiger partial charge in [0.05, 0.1) is 5.69 Å². The van der Waals surface area contributed by atoms with Crippen LogP contribution >= 0.6 is 0 Å². The van der Waals surface area contributed by atoms with Gasteiger partial charge in [-0.2, -0.15) is 0 Å². The van der Waals surface area contributed by atoms with Crippen molar-refractivity contribution < 1.29 is 9.90 Å². The lowest BCUT2D eigenvalue weighted by Crippen LogP contribution is -2.18. The first-order valence-corrected chi connectivity index (χ1v) is 4.16. The van der Waals surface area contributed by atoms with E-state index >= 15 is 0 Å². The van der Waals surface area contributed by atoms with Crippen LogP contribution in [0.4, 0.5) is 5.69 Å². The summed E-state index contributed by atoms with van der Waals surface area (Å²) in [6.45, 7) is 0. The molecule has 0 aromatic heterocycles. The number of benzene rings is 1. The Labute approximate surface area is 80.6 Å². The second-order valence-corrected chi connectivity index (χ2v) is 2.90. The van der Waals surface area contributed by atoms with E-state index in [0.29, 0.717) is 0 Å². The molecular formula is C10H8N2O2. The molecule has 0 radical (unpaired) electrons. The van der Waals surface area contributed by atoms with Crippen molar-refractivity contribution in [1.29, 1.82) is 0 Å². The third kappa shape index (κ3) is 1.54. The average Bonchev–Trinajstić information content (AvgIpc) is 2.39. The Morgan fingerprint density at radius 3 is 2.93 bits per heavy atom. The molecule has 2 rings (SSSR count). The number of carboxylic acids is 1. The van der Waals surface area contributed by atoms with Gasteiger partial charge >= 0.3 is 5.97 Å². The number of fused-ring (bicyclic) bond motifs is 1. The summed E-state index contributed by atoms with van der Waals surface area (Å²) in [5.41, 5.74) is 1.59. The predicted molar refractivity (Wildman–Crippen MR) is 53.6 cm³/mol. The van der Waals surface area contributed by atoms with E-state index in [4.69, 9.17) is 5.11 Å². The fraction of sp³-hybridized carbons (Fsp3) is 0.100. The minimum atomic E-state index is -0.988. The fourth-order valence-electron chi connectivity index (χ4n) is 1.19. The van der Waals surface area contributed by atoms with Gasteiger partial charge in [0.25, 0.3) is 0 Å². The largest absolute Gasteiger partial charge is 0.479 e. The number of aliphatic imine (C=N–C) groups is 2. The number of para-hydroxylation sites is 1. The number of aliphatic carboxylic acids is 1. The first kappa shape index (κ1) is 8.62. The van der Waals surface area contributed by atoms with Crippen molar-refractivity contribution in [3.05, 3.63) is 29.8 Å². The Kier molecular flexibility index (Phi) is 2.10. The summed E-state index contributed by atoms with van der Waals surface area (Å²) < 4.78 is 0. The van der Waals surface area contributed by atoms with Gasteiger partial charge in [-0.3, -0.25) is 9.98 Å². The molecule has 1 aliphatic heterocycles. The van der Waals surface area contributed by atoms with E-state index in [1.807, 2.05) is 24.3 Å². The highest BCUT2D eigenvalue weighted by Crippen LogP contribution is 2.18. The summed E-state index contributed by atoms with van der Waals surface area (Å²) >= 11 is 0. The van der Waals surface area contributed by atoms with E-state index in [1.165, 1.54) is 6.21 Å². The zero-order valence-electron chi connectivity index (χ0n) is 7.29. The number of hydrogen-bond donors (Lipinski definition) is 1. The molecule has 0 aliphatic carbocycles. The molecule has 1 atom stereocenters. The van der Waals surface area contributed by atoms with Gasteiger partial charge in [0.1, 0.15) is 0 Å². The Morgan fingerprint density at radius 2 is 2.14 bits per heavy atom. The molecule has 0 amide bonds. The van der Waals surface area contributed by atoms with Crippen LogP contribution in [0.25, 0.3) is 0 Å². The van der Waals surface area contributed by atoms with Crippen LogP contribution in [0.15, 0.2) is 34.3 Å². The molecule has 1 aromatic carbocycles. The van der Waals surface area contributed by atoms with Crippen LogP contribution in [-0.4, -0.2) is 29.5 Å². The highest BCUT2D eigenvalue weighted by Gasteiger charge is 2.14. The minimum Gasteiger partial charge on any atom is -0.479 e. The zero-order chi connectivity index (χ0) is 9.97. The van der Waals surface area contributed by atoms with E-state index in [-0.39, 0.29) is 0 Å². The van der Waals surface area contributed by atoms with E-state index in [0.717, 1.165) is 11.3 Å². The van der Waals surface area contributed by atoms with E-state index in [2.05, 4.69) is 9.98 Å². The molecule has 70 valence electrons. The van der Waals surface area contributed by atoms with Crippen molar-refractivity contribution in [1.82, 2.24) is 0 Å². The number of hydrogen-bond acceptors (Lipinski definition) is 3. The summed E-state index contributed by atoms with van der Waals surface area (Å²) in [5.74, 6) is -0.988. The van der Waals surface area contributed by atoms with Crippen molar-refractivity contribution in [3.63, 3.8) is 0 Å². The second kappa shape index (κ2) is 3.41. The van der Waals surface area contributed by atoms with Crippen molar-refractivity contribution in [2.45, 2.75) is 6.04 Å². The zero-order valence-corrected chi connectivity index (χ0v) is 7.29. The number of rotatable bonds is 1. The lowest BCUT2D eigenvalue weighted by molar-refractivity contribution is -0.136. The summed E-state index contributed by atoms with van der Waals surface area (Å²) in [7, 11) is 0. The van der Waals surface area contributed by atoms with Crippen molar-refractivity contribution >= 4 is 24.1 Å². The molecule has 0 bridgehead atoms. The van der Waals surface area contributed by atoms with Crippen LogP contribution in [0, 0.1) is 0 Å². The van der Waals surface area contributed by atoms with Gasteiger partial charge < -0.3 is 5.11 Å². The van der Waals surface area contributed by atoms with Gasteiger partial charge in [-0.1, -0.05) is 18.2 Å². The predicted octanol–water partition coefficient (Wildman–Crippen LogP) is 1.27. The van der Waals surface area contributed by atoms with Gasteiger partial charge in [-0.15, -0.1) is 0 Å². The SMILES string of the molecule is O=C(O)C1C=Nc2ccccc2C=N1. The Hall–Kier alpha value is -1.97. The van der Waals surface area contributed by atoms with Crippen LogP contribution in [-0.2, 0) is 4.79 Å². The molecule has 0 spiro atoms. The van der Waals surface area contributed by atoms with Gasteiger partial charge in [0.2, 0.25) is 0 Å². The lowest BCUT2D eigenvalue weighted by Gasteiger charge is -1.95. The molecule has 1 N–H and O–H groups in total. The minimum absolute atomic E-state index is 0.750. The topological polar surface area (TPSA) is 62.0 Å². The third-order valence-electron chi connectivity index (χ3n) is 1.92. The standard InChI is InChI=1S/C10H8N2O2/c13-10(14)9-6-12-8-4-2-1-3-7(8)5-11-9/h1-6,9H,(H,13,14). The maximum atomic E-state index is 10.7. The van der Waals surface area contributed by atoms with Crippen molar-refractivity contribution in [2.75, 3.05) is 0 Å². The summed E-state index contributed by atoms with van der Waals surface area (Å²) in [5, 5.41) is 8.74. The van der Waals surface area contributed by atoms with Crippen LogP contribution in [0.3, 0.4) is 0 Å². The van der Waals surface area contributed by atoms with E-state index < -0.39 is 12.0 Å². The summed E-state index contributed by atoms with van der Waals surface area (Å²) in [6, 6.07) is 6.51. The molecule has 4 nitrogen and oxygen atoms in total. The lowest BCUT2D eigenvalue weighted by atomic mass is 10.2. The summed E-state index contributed by atoms with van der Waals surface area (Å²) in [4.78, 5) is 18.6. The van der Waals surface area contributed by atoms with Gasteiger partial charge in [0, 0.05) is 18.0 Å². The molecule has 1 unspecified atom stereocenters. The summed E-state index contributed by atoms with van der Waals surface area (Å²) in [6.07, 6.45) is 2.88. The smallest absolute Gasteiger partial charge is 0.334 e. The van der Waals surface area contributed by atoms with Gasteiger partial charge in [-0.05, 0) is 6.07 Å². The molecule has 0 saturated carbocycles. The van der Waals surface area contributed by atoms with Crippen LogP contribution < -0.4 is 0 Å². The molecule has 0 saturated heterocycles. The van der Waals surface area contributed by atoms with Gasteiger partial charge in [-0.25, -0.2) is 4.79 Å². The average molecular weight is 188 g/mol. The molecule has 1 aliphatic rings. The van der Waals surface area contributed by atoms with Crippen molar-refractivity contribution in [3.8, 4) is 0 Å². The first-order valence-electron chi connectivity index (χ1n) is 4.16. The highest BCUT2D eigenvalue weighted by molar-refractivity contribution is 6.00. The molecule has 4 heteroatoms. The first-order chi connectivity index (χ1) is 6.77. The fourth-order valence-corrected chi connectivity index (χ4v) is 1.19. The Morgan fingerprint density at radius 1 is 1.36 bits per heavy atom.